The largest absolute Gasteiger partial charge is 0.475 e. The number of Topliss-reactive ketones (excluding diaryl/α,β-unsaturated/α-hetero) is 2. The molecule has 152 valence electrons. The van der Waals surface area contributed by atoms with Crippen molar-refractivity contribution in [2.45, 2.75) is 46.3 Å². The first-order valence-corrected chi connectivity index (χ1v) is 11.8. The van der Waals surface area contributed by atoms with Gasteiger partial charge in [-0.25, -0.2) is 0 Å². The van der Waals surface area contributed by atoms with Crippen molar-refractivity contribution in [1.82, 2.24) is 0 Å². The maximum Gasteiger partial charge on any atom is 0.227 e. The van der Waals surface area contributed by atoms with Crippen LogP contribution in [0.15, 0.2) is 93.1 Å². The Morgan fingerprint density at radius 1 is 0.633 bits per heavy atom. The molecule has 2 heterocycles. The van der Waals surface area contributed by atoms with Crippen LogP contribution in [0.5, 0.6) is 0 Å². The van der Waals surface area contributed by atoms with E-state index in [0.29, 0.717) is 36.8 Å². The van der Waals surface area contributed by atoms with Crippen LogP contribution in [-0.2, 0) is 19.1 Å². The number of benzene rings is 2. The quantitative estimate of drug-likeness (QED) is 0.590. The molecular weight excluding hydrogens is 416 g/mol. The molecule has 0 saturated carbocycles. The van der Waals surface area contributed by atoms with Gasteiger partial charge in [-0.05, 0) is 49.9 Å². The lowest BCUT2D eigenvalue weighted by atomic mass is 9.86. The van der Waals surface area contributed by atoms with Gasteiger partial charge < -0.3 is 9.47 Å². The number of ketones is 2. The number of hydrogen-bond donors (Lipinski definition) is 0. The molecule has 2 atom stereocenters. The molecule has 0 unspecified atom stereocenters. The summed E-state index contributed by atoms with van der Waals surface area (Å²) in [5, 5.41) is 0. The van der Waals surface area contributed by atoms with E-state index in [9.17, 15) is 9.59 Å². The fraction of sp³-hybridized carbons (Fsp3) is 0.250. The van der Waals surface area contributed by atoms with E-state index in [1.165, 1.54) is 0 Å². The zero-order valence-corrected chi connectivity index (χ0v) is 17.8. The lowest BCUT2D eigenvalue weighted by molar-refractivity contribution is -0.123. The van der Waals surface area contributed by atoms with E-state index < -0.39 is 0 Å². The molecule has 0 N–H and O–H groups in total. The van der Waals surface area contributed by atoms with Crippen LogP contribution in [0.25, 0.3) is 0 Å². The van der Waals surface area contributed by atoms with Crippen molar-refractivity contribution in [3.05, 3.63) is 83.3 Å². The normalized spacial score (nSPS) is 23.5. The first-order chi connectivity index (χ1) is 14.7. The molecule has 2 aliphatic heterocycles. The molecular formula is C24H20O4S2. The van der Waals surface area contributed by atoms with Crippen LogP contribution < -0.4 is 0 Å². The molecule has 0 bridgehead atoms. The van der Waals surface area contributed by atoms with Crippen LogP contribution in [0.2, 0.25) is 0 Å². The average molecular weight is 437 g/mol. The Hall–Kier alpha value is -2.44. The van der Waals surface area contributed by atoms with Crippen LogP contribution in [-0.4, -0.2) is 22.4 Å². The number of carbonyl (C=O) groups excluding carboxylic acids is 2. The van der Waals surface area contributed by atoms with E-state index in [1.807, 2.05) is 60.7 Å². The third-order valence-electron chi connectivity index (χ3n) is 5.29. The topological polar surface area (TPSA) is 52.6 Å². The lowest BCUT2D eigenvalue weighted by Gasteiger charge is -2.34. The van der Waals surface area contributed by atoms with E-state index in [2.05, 4.69) is 0 Å². The van der Waals surface area contributed by atoms with E-state index in [4.69, 9.17) is 9.47 Å². The van der Waals surface area contributed by atoms with Gasteiger partial charge >= 0.3 is 0 Å². The number of ether oxygens (including phenoxy) is 2. The van der Waals surface area contributed by atoms with Gasteiger partial charge in [0.25, 0.3) is 0 Å². The summed E-state index contributed by atoms with van der Waals surface area (Å²) in [6, 6.07) is 19.9. The molecule has 5 rings (SSSR count). The molecule has 0 saturated heterocycles. The number of hydrogen-bond acceptors (Lipinski definition) is 6. The third-order valence-corrected chi connectivity index (χ3v) is 7.57. The van der Waals surface area contributed by atoms with E-state index in [0.717, 1.165) is 9.79 Å². The van der Waals surface area contributed by atoms with Crippen molar-refractivity contribution in [2.75, 3.05) is 0 Å². The highest BCUT2D eigenvalue weighted by atomic mass is 32.2. The SMILES string of the molecule is O=C1C2=C(O[C@@H](Sc3ccccc3)CC2)C(=O)C2=C1O[C@H](Sc1ccccc1)CC2. The van der Waals surface area contributed by atoms with Crippen molar-refractivity contribution in [1.29, 1.82) is 0 Å². The third kappa shape index (κ3) is 3.82. The van der Waals surface area contributed by atoms with Crippen molar-refractivity contribution >= 4 is 35.1 Å². The Morgan fingerprint density at radius 3 is 1.43 bits per heavy atom. The summed E-state index contributed by atoms with van der Waals surface area (Å²) in [7, 11) is 0. The fourth-order valence-electron chi connectivity index (χ4n) is 3.83. The summed E-state index contributed by atoms with van der Waals surface area (Å²) in [6.45, 7) is 0. The Balaban J connectivity index is 1.32. The van der Waals surface area contributed by atoms with Crippen molar-refractivity contribution < 1.29 is 19.1 Å². The number of allylic oxidation sites excluding steroid dienone is 2. The second kappa shape index (κ2) is 8.36. The summed E-state index contributed by atoms with van der Waals surface area (Å²) in [5.74, 6) is 0.106. The number of carbonyl (C=O) groups is 2. The van der Waals surface area contributed by atoms with Crippen molar-refractivity contribution in [3.8, 4) is 0 Å². The average Bonchev–Trinajstić information content (AvgIpc) is 2.79. The van der Waals surface area contributed by atoms with Crippen molar-refractivity contribution in [3.63, 3.8) is 0 Å². The van der Waals surface area contributed by atoms with Gasteiger partial charge in [-0.3, -0.25) is 9.59 Å². The first-order valence-electron chi connectivity index (χ1n) is 10.0. The van der Waals surface area contributed by atoms with Gasteiger partial charge in [0, 0.05) is 20.9 Å². The first kappa shape index (κ1) is 19.5. The molecule has 2 aromatic rings. The minimum Gasteiger partial charge on any atom is -0.475 e. The molecule has 0 aromatic heterocycles. The number of rotatable bonds is 4. The van der Waals surface area contributed by atoms with Gasteiger partial charge in [0.15, 0.2) is 11.5 Å². The molecule has 6 heteroatoms. The van der Waals surface area contributed by atoms with Gasteiger partial charge in [-0.1, -0.05) is 59.9 Å². The van der Waals surface area contributed by atoms with E-state index in [1.54, 1.807) is 23.5 Å². The van der Waals surface area contributed by atoms with Gasteiger partial charge in [-0.15, -0.1) is 0 Å². The van der Waals surface area contributed by atoms with Gasteiger partial charge in [0.05, 0.1) is 0 Å². The Labute approximate surface area is 183 Å². The zero-order valence-electron chi connectivity index (χ0n) is 16.2. The summed E-state index contributed by atoms with van der Waals surface area (Å²) in [5.41, 5.74) is 0.593. The van der Waals surface area contributed by atoms with Crippen LogP contribution in [0.3, 0.4) is 0 Å². The minimum atomic E-state index is -0.180. The number of thioether (sulfide) groups is 2. The maximum absolute atomic E-state index is 13.1. The van der Waals surface area contributed by atoms with Crippen LogP contribution in [0.1, 0.15) is 25.7 Å². The molecule has 1 aliphatic carbocycles. The Morgan fingerprint density at radius 2 is 1.03 bits per heavy atom. The Kier molecular flexibility index (Phi) is 5.44. The molecule has 0 amide bonds. The lowest BCUT2D eigenvalue weighted by Crippen LogP contribution is -2.34. The summed E-state index contributed by atoms with van der Waals surface area (Å²) < 4.78 is 12.1. The molecule has 30 heavy (non-hydrogen) atoms. The van der Waals surface area contributed by atoms with Gasteiger partial charge in [-0.2, -0.15) is 0 Å². The Bertz CT molecular complexity index is 958. The molecule has 0 fully saturated rings. The second-order valence-corrected chi connectivity index (χ2v) is 9.77. The van der Waals surface area contributed by atoms with Crippen LogP contribution in [0, 0.1) is 0 Å². The second-order valence-electron chi connectivity index (χ2n) is 7.31. The minimum absolute atomic E-state index is 0.170. The highest BCUT2D eigenvalue weighted by Crippen LogP contribution is 2.43. The molecule has 0 spiro atoms. The predicted octanol–water partition coefficient (Wildman–Crippen LogP) is 5.50. The standard InChI is InChI=1S/C24H20O4S2/c25-21-18-12-14-20(30-16-9-5-2-6-10-16)28-24(18)22(26)17-11-13-19(27-23(17)21)29-15-7-3-1-4-8-15/h1-10,19-20H,11-14H2/t19-,20+. The predicted molar refractivity (Wildman–Crippen MR) is 117 cm³/mol. The van der Waals surface area contributed by atoms with Crippen molar-refractivity contribution in [2.24, 2.45) is 0 Å². The highest BCUT2D eigenvalue weighted by molar-refractivity contribution is 8.00. The summed E-state index contributed by atoms with van der Waals surface area (Å²) in [6.07, 6.45) is 2.42. The molecule has 3 aliphatic rings. The molecule has 4 nitrogen and oxygen atoms in total. The summed E-state index contributed by atoms with van der Waals surface area (Å²) in [4.78, 5) is 28.4. The molecule has 2 aromatic carbocycles. The summed E-state index contributed by atoms with van der Waals surface area (Å²) >= 11 is 3.17. The fourth-order valence-corrected chi connectivity index (χ4v) is 5.83. The van der Waals surface area contributed by atoms with Gasteiger partial charge in [0.2, 0.25) is 11.6 Å². The van der Waals surface area contributed by atoms with E-state index in [-0.39, 0.29) is 34.0 Å². The highest BCUT2D eigenvalue weighted by Gasteiger charge is 2.43. The zero-order chi connectivity index (χ0) is 20.5. The smallest absolute Gasteiger partial charge is 0.227 e. The molecule has 0 radical (unpaired) electrons. The van der Waals surface area contributed by atoms with Gasteiger partial charge in [0.1, 0.15) is 10.9 Å². The van der Waals surface area contributed by atoms with E-state index >= 15 is 0 Å². The van der Waals surface area contributed by atoms with Crippen LogP contribution >= 0.6 is 23.5 Å². The monoisotopic (exact) mass is 436 g/mol. The van der Waals surface area contributed by atoms with Crippen LogP contribution in [0.4, 0.5) is 0 Å². The maximum atomic E-state index is 13.1.